The van der Waals surface area contributed by atoms with Crippen LogP contribution in [0.4, 0.5) is 0 Å². The predicted molar refractivity (Wildman–Crippen MR) is 76.3 cm³/mol. The van der Waals surface area contributed by atoms with E-state index in [1.165, 1.54) is 12.8 Å². The molecule has 1 amide bonds. The monoisotopic (exact) mass is 269 g/mol. The van der Waals surface area contributed by atoms with E-state index in [1.54, 1.807) is 0 Å². The van der Waals surface area contributed by atoms with Gasteiger partial charge in [-0.05, 0) is 44.7 Å². The van der Waals surface area contributed by atoms with Crippen LogP contribution >= 0.6 is 12.2 Å². The molecular weight excluding hydrogens is 246 g/mol. The molecule has 0 atom stereocenters. The van der Waals surface area contributed by atoms with Gasteiger partial charge in [0.1, 0.15) is 0 Å². The molecule has 0 aromatic carbocycles. The molecule has 0 bridgehead atoms. The van der Waals surface area contributed by atoms with Crippen LogP contribution in [0.15, 0.2) is 0 Å². The standard InChI is InChI=1S/C13H23N3OS/c1-10-8-13(9-10,11(14)18)12(17)15-4-7-16-5-2-3-6-16/h10H,2-9H2,1H3,(H2,14,18)(H,15,17). The summed E-state index contributed by atoms with van der Waals surface area (Å²) >= 11 is 5.07. The van der Waals surface area contributed by atoms with Gasteiger partial charge in [-0.25, -0.2) is 0 Å². The minimum Gasteiger partial charge on any atom is -0.392 e. The minimum absolute atomic E-state index is 0.0345. The van der Waals surface area contributed by atoms with E-state index in [9.17, 15) is 4.79 Å². The average molecular weight is 269 g/mol. The zero-order valence-electron chi connectivity index (χ0n) is 11.1. The molecule has 0 radical (unpaired) electrons. The van der Waals surface area contributed by atoms with E-state index in [1.807, 2.05) is 0 Å². The molecule has 0 unspecified atom stereocenters. The second-order valence-electron chi connectivity index (χ2n) is 5.76. The highest BCUT2D eigenvalue weighted by Gasteiger charge is 2.50. The normalized spacial score (nSPS) is 31.9. The van der Waals surface area contributed by atoms with Crippen molar-refractivity contribution in [1.82, 2.24) is 10.2 Å². The summed E-state index contributed by atoms with van der Waals surface area (Å²) in [5.41, 5.74) is 5.19. The van der Waals surface area contributed by atoms with Gasteiger partial charge in [-0.3, -0.25) is 4.79 Å². The predicted octanol–water partition coefficient (Wildman–Crippen LogP) is 0.901. The van der Waals surface area contributed by atoms with Gasteiger partial charge in [0.25, 0.3) is 0 Å². The molecule has 18 heavy (non-hydrogen) atoms. The first-order valence-corrected chi connectivity index (χ1v) is 7.26. The van der Waals surface area contributed by atoms with Crippen molar-refractivity contribution in [1.29, 1.82) is 0 Å². The first kappa shape index (κ1) is 13.7. The van der Waals surface area contributed by atoms with Gasteiger partial charge >= 0.3 is 0 Å². The van der Waals surface area contributed by atoms with Crippen molar-refractivity contribution in [2.24, 2.45) is 17.1 Å². The van der Waals surface area contributed by atoms with Crippen molar-refractivity contribution in [3.63, 3.8) is 0 Å². The van der Waals surface area contributed by atoms with Crippen LogP contribution in [0, 0.1) is 11.3 Å². The van der Waals surface area contributed by atoms with Gasteiger partial charge in [-0.2, -0.15) is 0 Å². The molecule has 1 saturated heterocycles. The lowest BCUT2D eigenvalue weighted by Crippen LogP contribution is -2.56. The lowest BCUT2D eigenvalue weighted by Gasteiger charge is -2.44. The van der Waals surface area contributed by atoms with Crippen molar-refractivity contribution < 1.29 is 4.79 Å². The largest absolute Gasteiger partial charge is 0.392 e. The Balaban J connectivity index is 1.77. The molecule has 2 aliphatic rings. The number of likely N-dealkylation sites (tertiary alicyclic amines) is 1. The Bertz CT molecular complexity index is 333. The summed E-state index contributed by atoms with van der Waals surface area (Å²) in [6.45, 7) is 6.10. The van der Waals surface area contributed by atoms with Gasteiger partial charge in [0.2, 0.25) is 5.91 Å². The van der Waals surface area contributed by atoms with Crippen LogP contribution in [0.2, 0.25) is 0 Å². The number of rotatable bonds is 5. The summed E-state index contributed by atoms with van der Waals surface area (Å²) in [6.07, 6.45) is 4.17. The fourth-order valence-electron chi connectivity index (χ4n) is 3.13. The second-order valence-corrected chi connectivity index (χ2v) is 6.20. The smallest absolute Gasteiger partial charge is 0.233 e. The molecule has 2 fully saturated rings. The number of nitrogens with zero attached hydrogens (tertiary/aromatic N) is 1. The highest BCUT2D eigenvalue weighted by atomic mass is 32.1. The van der Waals surface area contributed by atoms with E-state index in [0.717, 1.165) is 32.5 Å². The SMILES string of the molecule is CC1CC(C(=O)NCCN2CCCC2)(C(N)=S)C1. The third kappa shape index (κ3) is 2.67. The van der Waals surface area contributed by atoms with E-state index in [0.29, 0.717) is 17.5 Å². The van der Waals surface area contributed by atoms with Crippen molar-refractivity contribution >= 4 is 23.1 Å². The highest BCUT2D eigenvalue weighted by Crippen LogP contribution is 2.45. The van der Waals surface area contributed by atoms with Crippen LogP contribution in [-0.4, -0.2) is 42.0 Å². The van der Waals surface area contributed by atoms with E-state index >= 15 is 0 Å². The molecule has 1 aliphatic carbocycles. The van der Waals surface area contributed by atoms with Crippen LogP contribution in [-0.2, 0) is 4.79 Å². The molecule has 2 rings (SSSR count). The topological polar surface area (TPSA) is 58.4 Å². The molecule has 1 heterocycles. The third-order valence-corrected chi connectivity index (χ3v) is 4.60. The van der Waals surface area contributed by atoms with Crippen LogP contribution < -0.4 is 11.1 Å². The third-order valence-electron chi connectivity index (χ3n) is 4.21. The number of hydrogen-bond acceptors (Lipinski definition) is 3. The Labute approximate surface area is 114 Å². The fourth-order valence-corrected chi connectivity index (χ4v) is 3.39. The molecule has 1 saturated carbocycles. The average Bonchev–Trinajstić information content (AvgIpc) is 2.76. The van der Waals surface area contributed by atoms with Crippen molar-refractivity contribution in [3.05, 3.63) is 0 Å². The summed E-state index contributed by atoms with van der Waals surface area (Å²) in [7, 11) is 0. The lowest BCUT2D eigenvalue weighted by molar-refractivity contribution is -0.132. The number of nitrogens with two attached hydrogens (primary N) is 1. The Morgan fingerprint density at radius 3 is 2.56 bits per heavy atom. The second kappa shape index (κ2) is 5.53. The Morgan fingerprint density at radius 1 is 1.44 bits per heavy atom. The number of nitrogens with one attached hydrogen (secondary N) is 1. The van der Waals surface area contributed by atoms with Gasteiger partial charge in [-0.15, -0.1) is 0 Å². The van der Waals surface area contributed by atoms with Crippen molar-refractivity contribution in [2.75, 3.05) is 26.2 Å². The Hall–Kier alpha value is -0.680. The van der Waals surface area contributed by atoms with Crippen LogP contribution in [0.1, 0.15) is 32.6 Å². The maximum Gasteiger partial charge on any atom is 0.233 e. The van der Waals surface area contributed by atoms with Gasteiger partial charge in [0.05, 0.1) is 10.4 Å². The van der Waals surface area contributed by atoms with Gasteiger partial charge in [-0.1, -0.05) is 19.1 Å². The van der Waals surface area contributed by atoms with Crippen LogP contribution in [0.25, 0.3) is 0 Å². The molecule has 5 heteroatoms. The first-order chi connectivity index (χ1) is 8.54. The summed E-state index contributed by atoms with van der Waals surface area (Å²) < 4.78 is 0. The fraction of sp³-hybridized carbons (Fsp3) is 0.846. The Morgan fingerprint density at radius 2 is 2.06 bits per heavy atom. The van der Waals surface area contributed by atoms with Gasteiger partial charge < -0.3 is 16.0 Å². The molecule has 102 valence electrons. The van der Waals surface area contributed by atoms with Crippen molar-refractivity contribution in [2.45, 2.75) is 32.6 Å². The highest BCUT2D eigenvalue weighted by molar-refractivity contribution is 7.80. The summed E-state index contributed by atoms with van der Waals surface area (Å²) in [6, 6.07) is 0. The maximum atomic E-state index is 12.2. The quantitative estimate of drug-likeness (QED) is 0.728. The molecule has 3 N–H and O–H groups in total. The molecule has 0 aromatic heterocycles. The van der Waals surface area contributed by atoms with E-state index in [4.69, 9.17) is 18.0 Å². The zero-order valence-corrected chi connectivity index (χ0v) is 11.9. The molecule has 0 spiro atoms. The summed E-state index contributed by atoms with van der Waals surface area (Å²) in [5.74, 6) is 0.586. The number of carbonyl (C=O) groups is 1. The number of thiocarbonyl (C=S) groups is 1. The molecular formula is C13H23N3OS. The summed E-state index contributed by atoms with van der Waals surface area (Å²) in [5, 5.41) is 3.01. The van der Waals surface area contributed by atoms with E-state index in [2.05, 4.69) is 17.1 Å². The van der Waals surface area contributed by atoms with E-state index < -0.39 is 5.41 Å². The summed E-state index contributed by atoms with van der Waals surface area (Å²) in [4.78, 5) is 15.0. The number of amides is 1. The number of carbonyl (C=O) groups excluding carboxylic acids is 1. The van der Waals surface area contributed by atoms with Crippen LogP contribution in [0.3, 0.4) is 0 Å². The molecule has 1 aliphatic heterocycles. The zero-order chi connectivity index (χ0) is 13.2. The molecule has 4 nitrogen and oxygen atoms in total. The molecule has 0 aromatic rings. The van der Waals surface area contributed by atoms with E-state index in [-0.39, 0.29) is 5.91 Å². The number of hydrogen-bond donors (Lipinski definition) is 2. The Kier molecular flexibility index (Phi) is 4.22. The van der Waals surface area contributed by atoms with Gasteiger partial charge in [0, 0.05) is 13.1 Å². The maximum absolute atomic E-state index is 12.2. The van der Waals surface area contributed by atoms with Crippen LogP contribution in [0.5, 0.6) is 0 Å². The first-order valence-electron chi connectivity index (χ1n) is 6.85. The lowest BCUT2D eigenvalue weighted by atomic mass is 9.62. The van der Waals surface area contributed by atoms with Gasteiger partial charge in [0.15, 0.2) is 0 Å². The minimum atomic E-state index is -0.556. The van der Waals surface area contributed by atoms with Crippen molar-refractivity contribution in [3.8, 4) is 0 Å².